The number of aryl methyl sites for hydroxylation is 1. The average Bonchev–Trinajstić information content (AvgIpc) is 2.28. The van der Waals surface area contributed by atoms with E-state index >= 15 is 0 Å². The monoisotopic (exact) mass is 360 g/mol. The second-order valence-corrected chi connectivity index (χ2v) is 6.50. The Kier molecular flexibility index (Phi) is 3.53. The van der Waals surface area contributed by atoms with Crippen molar-refractivity contribution in [1.82, 2.24) is 4.98 Å². The van der Waals surface area contributed by atoms with Gasteiger partial charge >= 0.3 is 0 Å². The molecule has 2 heterocycles. The van der Waals surface area contributed by atoms with E-state index in [1.807, 2.05) is 33.8 Å². The fourth-order valence-corrected chi connectivity index (χ4v) is 2.21. The summed E-state index contributed by atoms with van der Waals surface area (Å²) >= 11 is 2.18. The van der Waals surface area contributed by atoms with Crippen LogP contribution in [0.2, 0.25) is 0 Å². The highest BCUT2D eigenvalue weighted by atomic mass is 127. The molecule has 1 aliphatic heterocycles. The van der Waals surface area contributed by atoms with Gasteiger partial charge in [0, 0.05) is 5.41 Å². The van der Waals surface area contributed by atoms with Crippen molar-refractivity contribution in [3.8, 4) is 5.88 Å². The molecule has 0 aliphatic carbocycles. The summed E-state index contributed by atoms with van der Waals surface area (Å²) in [7, 11) is 0. The maximum Gasteiger partial charge on any atom is 0.239 e. The third kappa shape index (κ3) is 2.46. The fraction of sp³-hybridized carbons (Fsp3) is 0.538. The van der Waals surface area contributed by atoms with Crippen LogP contribution in [0.5, 0.6) is 5.88 Å². The van der Waals surface area contributed by atoms with Gasteiger partial charge in [-0.05, 0) is 41.1 Å². The topological polar surface area (TPSA) is 42.4 Å². The van der Waals surface area contributed by atoms with Gasteiger partial charge in [-0.15, -0.1) is 0 Å². The van der Waals surface area contributed by atoms with Crippen molar-refractivity contribution in [1.29, 1.82) is 0 Å². The SMILES string of the molecule is Cc1cc2c(nc1I)OCCN2C(=O)C(C)(C)C. The van der Waals surface area contributed by atoms with Crippen LogP contribution in [0.4, 0.5) is 5.69 Å². The van der Waals surface area contributed by atoms with E-state index in [1.54, 1.807) is 4.90 Å². The molecule has 0 aromatic carbocycles. The van der Waals surface area contributed by atoms with Crippen molar-refractivity contribution in [2.75, 3.05) is 18.1 Å². The summed E-state index contributed by atoms with van der Waals surface area (Å²) in [6.07, 6.45) is 0. The van der Waals surface area contributed by atoms with Crippen molar-refractivity contribution in [2.45, 2.75) is 27.7 Å². The van der Waals surface area contributed by atoms with E-state index in [2.05, 4.69) is 27.6 Å². The summed E-state index contributed by atoms with van der Waals surface area (Å²) in [5.74, 6) is 0.670. The van der Waals surface area contributed by atoms with Crippen LogP contribution in [0.15, 0.2) is 6.07 Å². The smallest absolute Gasteiger partial charge is 0.239 e. The minimum Gasteiger partial charge on any atom is -0.474 e. The van der Waals surface area contributed by atoms with Crippen molar-refractivity contribution < 1.29 is 9.53 Å². The van der Waals surface area contributed by atoms with Gasteiger partial charge in [0.2, 0.25) is 11.8 Å². The van der Waals surface area contributed by atoms with Crippen LogP contribution in [0.25, 0.3) is 0 Å². The van der Waals surface area contributed by atoms with Gasteiger partial charge in [0.25, 0.3) is 0 Å². The Morgan fingerprint density at radius 3 is 2.78 bits per heavy atom. The third-order valence-electron chi connectivity index (χ3n) is 2.83. The van der Waals surface area contributed by atoms with Crippen LogP contribution in [0.1, 0.15) is 26.3 Å². The van der Waals surface area contributed by atoms with Gasteiger partial charge in [0.05, 0.1) is 6.54 Å². The molecule has 18 heavy (non-hydrogen) atoms. The van der Waals surface area contributed by atoms with Gasteiger partial charge in [0.15, 0.2) is 0 Å². The van der Waals surface area contributed by atoms with E-state index in [9.17, 15) is 4.79 Å². The van der Waals surface area contributed by atoms with Crippen molar-refractivity contribution in [3.63, 3.8) is 0 Å². The molecule has 0 unspecified atom stereocenters. The van der Waals surface area contributed by atoms with E-state index < -0.39 is 5.41 Å². The number of rotatable bonds is 0. The highest BCUT2D eigenvalue weighted by molar-refractivity contribution is 14.1. The Bertz CT molecular complexity index is 494. The summed E-state index contributed by atoms with van der Waals surface area (Å²) in [5, 5.41) is 0. The summed E-state index contributed by atoms with van der Waals surface area (Å²) in [6, 6.07) is 1.98. The first-order valence-electron chi connectivity index (χ1n) is 5.92. The van der Waals surface area contributed by atoms with Gasteiger partial charge in [-0.25, -0.2) is 4.98 Å². The molecule has 5 heteroatoms. The average molecular weight is 360 g/mol. The molecule has 1 aliphatic rings. The number of hydrogen-bond acceptors (Lipinski definition) is 3. The lowest BCUT2D eigenvalue weighted by molar-refractivity contribution is -0.126. The van der Waals surface area contributed by atoms with Gasteiger partial charge in [-0.1, -0.05) is 20.8 Å². The number of aromatic nitrogens is 1. The molecule has 0 radical (unpaired) electrons. The summed E-state index contributed by atoms with van der Waals surface area (Å²) in [4.78, 5) is 18.6. The zero-order chi connectivity index (χ0) is 13.5. The number of ether oxygens (including phenoxy) is 1. The largest absolute Gasteiger partial charge is 0.474 e. The molecule has 0 fully saturated rings. The first kappa shape index (κ1) is 13.6. The number of halogens is 1. The van der Waals surface area contributed by atoms with Gasteiger partial charge in [0.1, 0.15) is 16.0 Å². The molecule has 0 N–H and O–H groups in total. The van der Waals surface area contributed by atoms with E-state index in [-0.39, 0.29) is 5.91 Å². The Morgan fingerprint density at radius 2 is 2.17 bits per heavy atom. The standard InChI is InChI=1S/C13H17IN2O2/c1-8-7-9-11(15-10(8)14)18-6-5-16(9)12(17)13(2,3)4/h7H,5-6H2,1-4H3. The van der Waals surface area contributed by atoms with Gasteiger partial charge in [-0.2, -0.15) is 0 Å². The minimum atomic E-state index is -0.397. The number of amides is 1. The minimum absolute atomic E-state index is 0.106. The van der Waals surface area contributed by atoms with Crippen molar-refractivity contribution in [3.05, 3.63) is 15.3 Å². The van der Waals surface area contributed by atoms with Crippen LogP contribution in [0.3, 0.4) is 0 Å². The number of carbonyl (C=O) groups is 1. The molecule has 0 bridgehead atoms. The number of fused-ring (bicyclic) bond motifs is 1. The molecular weight excluding hydrogens is 343 g/mol. The Hall–Kier alpha value is -0.850. The molecule has 0 atom stereocenters. The predicted molar refractivity (Wildman–Crippen MR) is 79.0 cm³/mol. The third-order valence-corrected chi connectivity index (χ3v) is 3.92. The summed E-state index contributed by atoms with van der Waals surface area (Å²) in [6.45, 7) is 8.86. The first-order chi connectivity index (χ1) is 8.30. The van der Waals surface area contributed by atoms with Crippen LogP contribution >= 0.6 is 22.6 Å². The lowest BCUT2D eigenvalue weighted by atomic mass is 9.94. The number of anilines is 1. The normalized spacial score (nSPS) is 15.1. The van der Waals surface area contributed by atoms with Gasteiger partial charge in [-0.3, -0.25) is 4.79 Å². The molecule has 2 rings (SSSR count). The fourth-order valence-electron chi connectivity index (χ4n) is 1.83. The predicted octanol–water partition coefficient (Wildman–Crippen LogP) is 2.77. The van der Waals surface area contributed by atoms with Crippen molar-refractivity contribution in [2.24, 2.45) is 5.41 Å². The maximum absolute atomic E-state index is 12.4. The highest BCUT2D eigenvalue weighted by Gasteiger charge is 2.32. The van der Waals surface area contributed by atoms with E-state index in [4.69, 9.17) is 4.74 Å². The first-order valence-corrected chi connectivity index (χ1v) is 7.00. The van der Waals surface area contributed by atoms with Gasteiger partial charge < -0.3 is 9.64 Å². The maximum atomic E-state index is 12.4. The van der Waals surface area contributed by atoms with E-state index in [0.29, 0.717) is 19.0 Å². The number of carbonyl (C=O) groups excluding carboxylic acids is 1. The van der Waals surface area contributed by atoms with Crippen LogP contribution in [-0.2, 0) is 4.79 Å². The number of hydrogen-bond donors (Lipinski definition) is 0. The van der Waals surface area contributed by atoms with Crippen molar-refractivity contribution >= 4 is 34.2 Å². The number of pyridine rings is 1. The molecule has 1 amide bonds. The second-order valence-electron chi connectivity index (χ2n) is 5.48. The molecule has 98 valence electrons. The zero-order valence-electron chi connectivity index (χ0n) is 11.1. The zero-order valence-corrected chi connectivity index (χ0v) is 13.2. The Labute approximate surface area is 121 Å². The molecule has 1 aromatic rings. The van der Waals surface area contributed by atoms with Crippen LogP contribution in [0, 0.1) is 16.0 Å². The summed E-state index contributed by atoms with van der Waals surface area (Å²) in [5.41, 5.74) is 1.46. The molecule has 4 nitrogen and oxygen atoms in total. The molecule has 1 aromatic heterocycles. The lowest BCUT2D eigenvalue weighted by Crippen LogP contribution is -2.44. The summed E-state index contributed by atoms with van der Waals surface area (Å²) < 4.78 is 6.46. The molecule has 0 saturated carbocycles. The highest BCUT2D eigenvalue weighted by Crippen LogP contribution is 2.34. The molecule has 0 spiro atoms. The molecular formula is C13H17IN2O2. The Balaban J connectivity index is 2.45. The number of nitrogens with zero attached hydrogens (tertiary/aromatic N) is 2. The quantitative estimate of drug-likeness (QED) is 0.528. The van der Waals surface area contributed by atoms with E-state index in [0.717, 1.165) is 15.0 Å². The second kappa shape index (κ2) is 4.68. The van der Waals surface area contributed by atoms with E-state index in [1.165, 1.54) is 0 Å². The molecule has 0 saturated heterocycles. The lowest BCUT2D eigenvalue weighted by Gasteiger charge is -2.33. The Morgan fingerprint density at radius 1 is 1.50 bits per heavy atom. The van der Waals surface area contributed by atoms with Crippen LogP contribution < -0.4 is 9.64 Å². The van der Waals surface area contributed by atoms with Crippen LogP contribution in [-0.4, -0.2) is 24.0 Å².